The number of hydrogen-bond acceptors (Lipinski definition) is 4. The van der Waals surface area contributed by atoms with Gasteiger partial charge in [-0.25, -0.2) is 4.89 Å². The molecule has 0 aliphatic carbocycles. The third-order valence-electron chi connectivity index (χ3n) is 4.08. The maximum absolute atomic E-state index is 11.3. The van der Waals surface area contributed by atoms with Crippen LogP contribution in [0.15, 0.2) is 12.2 Å². The van der Waals surface area contributed by atoms with Gasteiger partial charge < -0.3 is 4.74 Å². The second kappa shape index (κ2) is 20.2. The van der Waals surface area contributed by atoms with Crippen molar-refractivity contribution in [3.8, 4) is 0 Å². The Morgan fingerprint density at radius 3 is 1.92 bits per heavy atom. The minimum atomic E-state index is -0.204. The molecule has 0 saturated heterocycles. The van der Waals surface area contributed by atoms with Crippen molar-refractivity contribution < 1.29 is 19.7 Å². The normalized spacial score (nSPS) is 11.2. The Labute approximate surface area is 148 Å². The molecule has 0 fully saturated rings. The molecule has 0 amide bonds. The van der Waals surface area contributed by atoms with Gasteiger partial charge in [-0.05, 0) is 32.1 Å². The molecule has 1 N–H and O–H groups in total. The van der Waals surface area contributed by atoms with Crippen LogP contribution in [0.4, 0.5) is 0 Å². The van der Waals surface area contributed by atoms with E-state index in [0.29, 0.717) is 6.42 Å². The number of unbranched alkanes of at least 4 members (excludes halogenated alkanes) is 11. The molecule has 0 bridgehead atoms. The second-order valence-electron chi connectivity index (χ2n) is 6.39. The minimum absolute atomic E-state index is 0.0398. The van der Waals surface area contributed by atoms with Gasteiger partial charge in [-0.2, -0.15) is 0 Å². The standard InChI is InChI=1S/C20H38O4/c1-2-3-4-5-6-7-8-9-10-11-12-13-14-15-16-17-20(21)23-18-19-24-22/h9-10,22H,2-8,11-19H2,1H3/b10-9-. The first-order valence-corrected chi connectivity index (χ1v) is 9.88. The van der Waals surface area contributed by atoms with Crippen molar-refractivity contribution in [3.63, 3.8) is 0 Å². The number of carbonyl (C=O) groups is 1. The molecular formula is C20H38O4. The van der Waals surface area contributed by atoms with Gasteiger partial charge in [-0.15, -0.1) is 0 Å². The van der Waals surface area contributed by atoms with Gasteiger partial charge in [0.25, 0.3) is 0 Å². The number of hydrogen-bond donors (Lipinski definition) is 1. The molecule has 0 aliphatic heterocycles. The van der Waals surface area contributed by atoms with Crippen molar-refractivity contribution in [3.05, 3.63) is 12.2 Å². The quantitative estimate of drug-likeness (QED) is 0.108. The molecule has 0 aromatic carbocycles. The fourth-order valence-electron chi connectivity index (χ4n) is 2.61. The Bertz CT molecular complexity index is 289. The van der Waals surface area contributed by atoms with Crippen LogP contribution in [0, 0.1) is 0 Å². The highest BCUT2D eigenvalue weighted by Crippen LogP contribution is 2.10. The largest absolute Gasteiger partial charge is 0.463 e. The highest BCUT2D eigenvalue weighted by atomic mass is 17.1. The fraction of sp³-hybridized carbons (Fsp3) is 0.850. The SMILES string of the molecule is CCCCCCCC/C=C\CCCCCCCC(=O)OCCOO. The van der Waals surface area contributed by atoms with Crippen LogP contribution in [0.5, 0.6) is 0 Å². The second-order valence-corrected chi connectivity index (χ2v) is 6.39. The Balaban J connectivity index is 3.16. The van der Waals surface area contributed by atoms with E-state index in [1.807, 2.05) is 0 Å². The number of ether oxygens (including phenoxy) is 1. The van der Waals surface area contributed by atoms with Crippen LogP contribution in [-0.2, 0) is 14.4 Å². The smallest absolute Gasteiger partial charge is 0.305 e. The van der Waals surface area contributed by atoms with E-state index in [1.54, 1.807) is 0 Å². The predicted molar refractivity (Wildman–Crippen MR) is 99.0 cm³/mol. The zero-order valence-electron chi connectivity index (χ0n) is 15.6. The summed E-state index contributed by atoms with van der Waals surface area (Å²) in [6, 6.07) is 0. The lowest BCUT2D eigenvalue weighted by molar-refractivity contribution is -0.248. The molecule has 0 aliphatic rings. The summed E-state index contributed by atoms with van der Waals surface area (Å²) in [5.74, 6) is -0.204. The van der Waals surface area contributed by atoms with E-state index < -0.39 is 0 Å². The van der Waals surface area contributed by atoms with E-state index >= 15 is 0 Å². The van der Waals surface area contributed by atoms with Gasteiger partial charge in [-0.3, -0.25) is 10.1 Å². The van der Waals surface area contributed by atoms with Gasteiger partial charge in [0.05, 0.1) is 0 Å². The lowest BCUT2D eigenvalue weighted by Gasteiger charge is -2.03. The van der Waals surface area contributed by atoms with Crippen molar-refractivity contribution in [1.82, 2.24) is 0 Å². The Kier molecular flexibility index (Phi) is 19.4. The van der Waals surface area contributed by atoms with Crippen LogP contribution < -0.4 is 0 Å². The summed E-state index contributed by atoms with van der Waals surface area (Å²) in [4.78, 5) is 15.1. The van der Waals surface area contributed by atoms with Crippen molar-refractivity contribution in [2.45, 2.75) is 96.8 Å². The molecule has 4 nitrogen and oxygen atoms in total. The summed E-state index contributed by atoms with van der Waals surface area (Å²) in [6.07, 6.45) is 21.4. The molecule has 0 unspecified atom stereocenters. The molecule has 0 aromatic rings. The third kappa shape index (κ3) is 19.2. The molecule has 0 atom stereocenters. The molecular weight excluding hydrogens is 304 g/mol. The van der Waals surface area contributed by atoms with Gasteiger partial charge in [0.2, 0.25) is 0 Å². The van der Waals surface area contributed by atoms with E-state index in [0.717, 1.165) is 12.8 Å². The molecule has 0 spiro atoms. The zero-order valence-corrected chi connectivity index (χ0v) is 15.6. The molecule has 0 heterocycles. The lowest BCUT2D eigenvalue weighted by atomic mass is 10.1. The van der Waals surface area contributed by atoms with Crippen LogP contribution in [-0.4, -0.2) is 24.4 Å². The maximum atomic E-state index is 11.3. The summed E-state index contributed by atoms with van der Waals surface area (Å²) in [7, 11) is 0. The van der Waals surface area contributed by atoms with Crippen molar-refractivity contribution in [2.24, 2.45) is 0 Å². The van der Waals surface area contributed by atoms with Crippen LogP contribution in [0.25, 0.3) is 0 Å². The van der Waals surface area contributed by atoms with Gasteiger partial charge >= 0.3 is 5.97 Å². The summed E-state index contributed by atoms with van der Waals surface area (Å²) in [5, 5.41) is 8.10. The summed E-state index contributed by atoms with van der Waals surface area (Å²) < 4.78 is 4.87. The van der Waals surface area contributed by atoms with Crippen molar-refractivity contribution in [1.29, 1.82) is 0 Å². The maximum Gasteiger partial charge on any atom is 0.305 e. The van der Waals surface area contributed by atoms with Crippen LogP contribution in [0.2, 0.25) is 0 Å². The first-order chi connectivity index (χ1) is 11.8. The highest BCUT2D eigenvalue weighted by Gasteiger charge is 2.02. The Morgan fingerprint density at radius 2 is 1.33 bits per heavy atom. The van der Waals surface area contributed by atoms with Gasteiger partial charge in [0.15, 0.2) is 0 Å². The first-order valence-electron chi connectivity index (χ1n) is 9.88. The average molecular weight is 343 g/mol. The summed E-state index contributed by atoms with van der Waals surface area (Å²) in [6.45, 7) is 2.42. The van der Waals surface area contributed by atoms with Crippen LogP contribution >= 0.6 is 0 Å². The van der Waals surface area contributed by atoms with E-state index in [2.05, 4.69) is 24.0 Å². The summed E-state index contributed by atoms with van der Waals surface area (Å²) >= 11 is 0. The molecule has 0 radical (unpaired) electrons. The van der Waals surface area contributed by atoms with E-state index in [-0.39, 0.29) is 19.2 Å². The molecule has 0 rings (SSSR count). The monoisotopic (exact) mass is 342 g/mol. The van der Waals surface area contributed by atoms with Crippen molar-refractivity contribution in [2.75, 3.05) is 13.2 Å². The Morgan fingerprint density at radius 1 is 0.792 bits per heavy atom. The predicted octanol–water partition coefficient (Wildman–Crippen LogP) is 6.06. The average Bonchev–Trinajstić information content (AvgIpc) is 2.58. The third-order valence-corrected chi connectivity index (χ3v) is 4.08. The van der Waals surface area contributed by atoms with E-state index in [4.69, 9.17) is 9.99 Å². The van der Waals surface area contributed by atoms with Gasteiger partial charge in [0.1, 0.15) is 13.2 Å². The number of esters is 1. The Hall–Kier alpha value is -0.870. The molecule has 142 valence electrons. The topological polar surface area (TPSA) is 55.8 Å². The number of allylic oxidation sites excluding steroid dienone is 2. The number of carbonyl (C=O) groups excluding carboxylic acids is 1. The van der Waals surface area contributed by atoms with Gasteiger partial charge in [-0.1, -0.05) is 70.4 Å². The van der Waals surface area contributed by atoms with Gasteiger partial charge in [0, 0.05) is 6.42 Å². The molecule has 24 heavy (non-hydrogen) atoms. The molecule has 0 saturated carbocycles. The molecule has 0 aromatic heterocycles. The fourth-order valence-corrected chi connectivity index (χ4v) is 2.61. The zero-order chi connectivity index (χ0) is 17.7. The first kappa shape index (κ1) is 23.1. The number of rotatable bonds is 18. The lowest BCUT2D eigenvalue weighted by Crippen LogP contribution is -2.09. The molecule has 4 heteroatoms. The summed E-state index contributed by atoms with van der Waals surface area (Å²) in [5.41, 5.74) is 0. The van der Waals surface area contributed by atoms with E-state index in [1.165, 1.54) is 70.6 Å². The van der Waals surface area contributed by atoms with Crippen LogP contribution in [0.1, 0.15) is 96.8 Å². The van der Waals surface area contributed by atoms with Crippen LogP contribution in [0.3, 0.4) is 0 Å². The van der Waals surface area contributed by atoms with E-state index in [9.17, 15) is 4.79 Å². The van der Waals surface area contributed by atoms with Crippen molar-refractivity contribution >= 4 is 5.97 Å². The highest BCUT2D eigenvalue weighted by molar-refractivity contribution is 5.69. The minimum Gasteiger partial charge on any atom is -0.463 e.